The lowest BCUT2D eigenvalue weighted by molar-refractivity contribution is -0.131. The highest BCUT2D eigenvalue weighted by molar-refractivity contribution is 7.99. The molecule has 1 fully saturated rings. The fourth-order valence-corrected chi connectivity index (χ4v) is 4.48. The van der Waals surface area contributed by atoms with E-state index in [0.29, 0.717) is 24.3 Å². The van der Waals surface area contributed by atoms with Crippen LogP contribution in [-0.2, 0) is 4.79 Å². The fourth-order valence-electron chi connectivity index (χ4n) is 3.46. The Balaban J connectivity index is 1.61. The molecule has 4 rings (SSSR count). The number of hydrogen-bond donors (Lipinski definition) is 0. The molecule has 0 saturated carbocycles. The number of likely N-dealkylation sites (N-methyl/N-ethyl adjacent to an activating group) is 1. The van der Waals surface area contributed by atoms with E-state index in [2.05, 4.69) is 16.8 Å². The summed E-state index contributed by atoms with van der Waals surface area (Å²) in [5.74, 6) is -0.163. The molecule has 7 heteroatoms. The Morgan fingerprint density at radius 3 is 2.67 bits per heavy atom. The highest BCUT2D eigenvalue weighted by Gasteiger charge is 2.31. The molecule has 0 bridgehead atoms. The van der Waals surface area contributed by atoms with E-state index in [9.17, 15) is 9.59 Å². The van der Waals surface area contributed by atoms with Gasteiger partial charge in [0.1, 0.15) is 11.6 Å². The van der Waals surface area contributed by atoms with Gasteiger partial charge in [0.15, 0.2) is 0 Å². The summed E-state index contributed by atoms with van der Waals surface area (Å²) in [4.78, 5) is 37.2. The molecule has 0 unspecified atom stereocenters. The lowest BCUT2D eigenvalue weighted by Gasteiger charge is -2.35. The Bertz CT molecular complexity index is 865. The second-order valence-corrected chi connectivity index (χ2v) is 7.66. The quantitative estimate of drug-likeness (QED) is 0.816. The van der Waals surface area contributed by atoms with E-state index in [1.807, 2.05) is 35.2 Å². The number of rotatable bonds is 3. The van der Waals surface area contributed by atoms with Crippen molar-refractivity contribution in [3.05, 3.63) is 48.2 Å². The lowest BCUT2D eigenvalue weighted by Crippen LogP contribution is -2.51. The Morgan fingerprint density at radius 2 is 1.89 bits per heavy atom. The van der Waals surface area contributed by atoms with Gasteiger partial charge < -0.3 is 9.80 Å². The SMILES string of the molecule is CCN1CCN(C(=O)CN2C(=O)c3ccccc3Sc3ncccc32)CC1. The van der Waals surface area contributed by atoms with Crippen LogP contribution in [-0.4, -0.2) is 65.9 Å². The topological polar surface area (TPSA) is 56.8 Å². The van der Waals surface area contributed by atoms with E-state index in [0.717, 1.165) is 29.6 Å². The minimum atomic E-state index is -0.148. The third kappa shape index (κ3) is 3.57. The molecule has 1 aromatic carbocycles. The van der Waals surface area contributed by atoms with E-state index in [1.54, 1.807) is 17.2 Å². The molecule has 140 valence electrons. The van der Waals surface area contributed by atoms with E-state index in [-0.39, 0.29) is 18.4 Å². The van der Waals surface area contributed by atoms with E-state index in [1.165, 1.54) is 11.8 Å². The standard InChI is InChI=1S/C20H22N4O2S/c1-2-22-10-12-23(13-11-22)18(25)14-24-16-7-5-9-21-19(16)27-17-8-4-3-6-15(17)20(24)26/h3-9H,2,10-14H2,1H3. The second kappa shape index (κ2) is 7.70. The Kier molecular flexibility index (Phi) is 5.13. The van der Waals surface area contributed by atoms with Crippen LogP contribution in [0.25, 0.3) is 0 Å². The zero-order valence-electron chi connectivity index (χ0n) is 15.3. The smallest absolute Gasteiger partial charge is 0.259 e. The molecule has 0 aliphatic carbocycles. The van der Waals surface area contributed by atoms with Gasteiger partial charge in [0.05, 0.1) is 11.3 Å². The van der Waals surface area contributed by atoms with Crippen LogP contribution in [0.1, 0.15) is 17.3 Å². The summed E-state index contributed by atoms with van der Waals surface area (Å²) in [5.41, 5.74) is 1.31. The summed E-state index contributed by atoms with van der Waals surface area (Å²) in [6, 6.07) is 11.2. The second-order valence-electron chi connectivity index (χ2n) is 6.63. The number of hydrogen-bond acceptors (Lipinski definition) is 5. The van der Waals surface area contributed by atoms with Crippen molar-refractivity contribution in [2.75, 3.05) is 44.2 Å². The van der Waals surface area contributed by atoms with Crippen LogP contribution in [0.15, 0.2) is 52.5 Å². The van der Waals surface area contributed by atoms with Crippen molar-refractivity contribution in [2.45, 2.75) is 16.8 Å². The number of benzene rings is 1. The van der Waals surface area contributed by atoms with E-state index < -0.39 is 0 Å². The van der Waals surface area contributed by atoms with Gasteiger partial charge in [-0.3, -0.25) is 14.5 Å². The van der Waals surface area contributed by atoms with Crippen molar-refractivity contribution in [1.29, 1.82) is 0 Å². The number of carbonyl (C=O) groups excluding carboxylic acids is 2. The predicted octanol–water partition coefficient (Wildman–Crippen LogP) is 2.36. The number of fused-ring (bicyclic) bond motifs is 2. The van der Waals surface area contributed by atoms with Gasteiger partial charge in [0.25, 0.3) is 5.91 Å². The lowest BCUT2D eigenvalue weighted by atomic mass is 10.2. The van der Waals surface area contributed by atoms with Crippen molar-refractivity contribution in [1.82, 2.24) is 14.8 Å². The number of nitrogens with zero attached hydrogens (tertiary/aromatic N) is 4. The Hall–Kier alpha value is -2.38. The molecule has 3 heterocycles. The van der Waals surface area contributed by atoms with Crippen molar-refractivity contribution >= 4 is 29.3 Å². The molecule has 2 aliphatic rings. The number of anilines is 1. The normalized spacial score (nSPS) is 17.3. The third-order valence-electron chi connectivity index (χ3n) is 5.08. The number of amides is 2. The summed E-state index contributed by atoms with van der Waals surface area (Å²) >= 11 is 1.47. The van der Waals surface area contributed by atoms with E-state index >= 15 is 0 Å². The molecule has 0 radical (unpaired) electrons. The molecule has 1 aromatic heterocycles. The van der Waals surface area contributed by atoms with Crippen LogP contribution >= 0.6 is 11.8 Å². The van der Waals surface area contributed by atoms with Crippen LogP contribution in [0, 0.1) is 0 Å². The van der Waals surface area contributed by atoms with Crippen LogP contribution < -0.4 is 4.90 Å². The summed E-state index contributed by atoms with van der Waals surface area (Å²) < 4.78 is 0. The maximum Gasteiger partial charge on any atom is 0.259 e. The van der Waals surface area contributed by atoms with Gasteiger partial charge >= 0.3 is 0 Å². The first-order valence-electron chi connectivity index (χ1n) is 9.21. The first kappa shape index (κ1) is 18.0. The van der Waals surface area contributed by atoms with E-state index in [4.69, 9.17) is 0 Å². The summed E-state index contributed by atoms with van der Waals surface area (Å²) in [6.07, 6.45) is 1.72. The predicted molar refractivity (Wildman–Crippen MR) is 105 cm³/mol. The van der Waals surface area contributed by atoms with Gasteiger partial charge in [-0.1, -0.05) is 30.8 Å². The molecule has 2 aromatic rings. The van der Waals surface area contributed by atoms with Gasteiger partial charge in [-0.05, 0) is 30.8 Å². The third-order valence-corrected chi connectivity index (χ3v) is 6.16. The highest BCUT2D eigenvalue weighted by Crippen LogP contribution is 2.39. The molecule has 0 spiro atoms. The van der Waals surface area contributed by atoms with Gasteiger partial charge in [0.2, 0.25) is 5.91 Å². The molecule has 2 aliphatic heterocycles. The molecular formula is C20H22N4O2S. The summed E-state index contributed by atoms with van der Waals surface area (Å²) in [5, 5.41) is 0.749. The number of piperazine rings is 1. The highest BCUT2D eigenvalue weighted by atomic mass is 32.2. The largest absolute Gasteiger partial charge is 0.339 e. The summed E-state index contributed by atoms with van der Waals surface area (Å²) in [6.45, 7) is 6.35. The number of aromatic nitrogens is 1. The van der Waals surface area contributed by atoms with Crippen LogP contribution in [0.5, 0.6) is 0 Å². The maximum absolute atomic E-state index is 13.2. The first-order valence-corrected chi connectivity index (χ1v) is 10.0. The van der Waals surface area contributed by atoms with Gasteiger partial charge in [-0.2, -0.15) is 0 Å². The molecule has 2 amide bonds. The molecule has 27 heavy (non-hydrogen) atoms. The minimum absolute atomic E-state index is 0.0155. The Labute approximate surface area is 163 Å². The van der Waals surface area contributed by atoms with Crippen LogP contribution in [0.4, 0.5) is 5.69 Å². The average Bonchev–Trinajstić information content (AvgIpc) is 2.83. The van der Waals surface area contributed by atoms with Gasteiger partial charge in [-0.15, -0.1) is 0 Å². The van der Waals surface area contributed by atoms with Crippen LogP contribution in [0.3, 0.4) is 0 Å². The monoisotopic (exact) mass is 382 g/mol. The Morgan fingerprint density at radius 1 is 1.11 bits per heavy atom. The van der Waals surface area contributed by atoms with Crippen molar-refractivity contribution in [2.24, 2.45) is 0 Å². The molecule has 6 nitrogen and oxygen atoms in total. The molecular weight excluding hydrogens is 360 g/mol. The zero-order chi connectivity index (χ0) is 18.8. The molecule has 0 N–H and O–H groups in total. The first-order chi connectivity index (χ1) is 13.2. The number of pyridine rings is 1. The fraction of sp³-hybridized carbons (Fsp3) is 0.350. The van der Waals surface area contributed by atoms with Crippen molar-refractivity contribution in [3.8, 4) is 0 Å². The molecule has 1 saturated heterocycles. The molecule has 0 atom stereocenters. The van der Waals surface area contributed by atoms with Gasteiger partial charge in [-0.25, -0.2) is 4.98 Å². The average molecular weight is 382 g/mol. The number of carbonyl (C=O) groups is 2. The zero-order valence-corrected chi connectivity index (χ0v) is 16.1. The minimum Gasteiger partial charge on any atom is -0.339 e. The van der Waals surface area contributed by atoms with Crippen LogP contribution in [0.2, 0.25) is 0 Å². The van der Waals surface area contributed by atoms with Gasteiger partial charge in [0, 0.05) is 37.3 Å². The van der Waals surface area contributed by atoms with Crippen molar-refractivity contribution in [3.63, 3.8) is 0 Å². The van der Waals surface area contributed by atoms with Crippen molar-refractivity contribution < 1.29 is 9.59 Å². The maximum atomic E-state index is 13.2. The summed E-state index contributed by atoms with van der Waals surface area (Å²) in [7, 11) is 0.